The second kappa shape index (κ2) is 3.57. The van der Waals surface area contributed by atoms with E-state index in [9.17, 15) is 22.4 Å². The molecule has 1 unspecified atom stereocenters. The van der Waals surface area contributed by atoms with E-state index in [0.29, 0.717) is 6.42 Å². The molecule has 0 aliphatic heterocycles. The Balaban J connectivity index is 2.53. The second-order valence-corrected chi connectivity index (χ2v) is 3.76. The van der Waals surface area contributed by atoms with Crippen LogP contribution in [0.25, 0.3) is 0 Å². The minimum Gasteiger partial charge on any atom is -0.299 e. The first-order chi connectivity index (χ1) is 7.41. The Kier molecular flexibility index (Phi) is 2.48. The van der Waals surface area contributed by atoms with Gasteiger partial charge in [-0.25, -0.2) is 4.39 Å². The highest BCUT2D eigenvalue weighted by Gasteiger charge is 2.41. The molecule has 0 amide bonds. The lowest BCUT2D eigenvalue weighted by molar-refractivity contribution is -0.139. The quantitative estimate of drug-likeness (QED) is 0.679. The molecule has 0 spiro atoms. The van der Waals surface area contributed by atoms with Crippen LogP contribution in [-0.2, 0) is 11.0 Å². The summed E-state index contributed by atoms with van der Waals surface area (Å²) in [6.45, 7) is 0. The van der Waals surface area contributed by atoms with Gasteiger partial charge in [0.25, 0.3) is 0 Å². The molecule has 1 aliphatic rings. The van der Waals surface area contributed by atoms with E-state index in [1.54, 1.807) is 0 Å². The van der Waals surface area contributed by atoms with Crippen LogP contribution in [0.5, 0.6) is 0 Å². The summed E-state index contributed by atoms with van der Waals surface area (Å²) in [4.78, 5) is 11.1. The normalized spacial score (nSPS) is 20.8. The summed E-state index contributed by atoms with van der Waals surface area (Å²) in [5.41, 5.74) is -1.53. The number of rotatable bonds is 1. The van der Waals surface area contributed by atoms with Crippen LogP contribution in [0, 0.1) is 5.82 Å². The molecular formula is C11H8F4O. The lowest BCUT2D eigenvalue weighted by atomic mass is 9.76. The Morgan fingerprint density at radius 1 is 1.25 bits per heavy atom. The van der Waals surface area contributed by atoms with Crippen molar-refractivity contribution in [3.8, 4) is 0 Å². The Labute approximate surface area is 89.1 Å². The van der Waals surface area contributed by atoms with Crippen molar-refractivity contribution in [1.82, 2.24) is 0 Å². The van der Waals surface area contributed by atoms with Gasteiger partial charge >= 0.3 is 6.18 Å². The van der Waals surface area contributed by atoms with E-state index < -0.39 is 29.0 Å². The first-order valence-electron chi connectivity index (χ1n) is 4.79. The highest BCUT2D eigenvalue weighted by molar-refractivity contribution is 5.91. The molecule has 0 bridgehead atoms. The van der Waals surface area contributed by atoms with Gasteiger partial charge in [0.15, 0.2) is 0 Å². The van der Waals surface area contributed by atoms with E-state index >= 15 is 0 Å². The van der Waals surface area contributed by atoms with Crippen LogP contribution in [0.4, 0.5) is 17.6 Å². The number of hydrogen-bond acceptors (Lipinski definition) is 1. The molecule has 1 aromatic rings. The summed E-state index contributed by atoms with van der Waals surface area (Å²) >= 11 is 0. The fraction of sp³-hybridized carbons (Fsp3) is 0.364. The molecule has 1 nitrogen and oxygen atoms in total. The molecule has 1 saturated carbocycles. The van der Waals surface area contributed by atoms with Gasteiger partial charge in [-0.2, -0.15) is 13.2 Å². The monoisotopic (exact) mass is 232 g/mol. The number of alkyl halides is 3. The largest absolute Gasteiger partial charge is 0.416 e. The molecule has 2 rings (SSSR count). The van der Waals surface area contributed by atoms with Crippen LogP contribution in [0.2, 0.25) is 0 Å². The van der Waals surface area contributed by atoms with Crippen molar-refractivity contribution in [1.29, 1.82) is 0 Å². The average molecular weight is 232 g/mol. The van der Waals surface area contributed by atoms with Crippen LogP contribution in [0.3, 0.4) is 0 Å². The minimum atomic E-state index is -4.62. The van der Waals surface area contributed by atoms with E-state index in [4.69, 9.17) is 0 Å². The number of benzene rings is 1. The number of Topliss-reactive ketones (excluding diaryl/α,β-unsaturated/α-hetero) is 1. The summed E-state index contributed by atoms with van der Waals surface area (Å²) in [5.74, 6) is -2.19. The van der Waals surface area contributed by atoms with E-state index in [-0.39, 0.29) is 12.2 Å². The standard InChI is InChI=1S/C11H8F4O/c12-8-3-1-2-7(11(13,14)15)10(8)6-4-5-9(6)16/h1-3,6H,4-5H2. The molecule has 1 aromatic carbocycles. The lowest BCUT2D eigenvalue weighted by Gasteiger charge is -2.27. The molecule has 0 aromatic heterocycles. The average Bonchev–Trinajstić information content (AvgIpc) is 2.17. The first-order valence-corrected chi connectivity index (χ1v) is 4.79. The van der Waals surface area contributed by atoms with Crippen molar-refractivity contribution < 1.29 is 22.4 Å². The summed E-state index contributed by atoms with van der Waals surface area (Å²) in [6.07, 6.45) is -4.09. The van der Waals surface area contributed by atoms with Gasteiger partial charge in [0.05, 0.1) is 5.56 Å². The van der Waals surface area contributed by atoms with E-state index in [1.165, 1.54) is 0 Å². The lowest BCUT2D eigenvalue weighted by Crippen LogP contribution is -2.27. The van der Waals surface area contributed by atoms with Gasteiger partial charge < -0.3 is 0 Å². The van der Waals surface area contributed by atoms with Crippen molar-refractivity contribution >= 4 is 5.78 Å². The van der Waals surface area contributed by atoms with Gasteiger partial charge in [-0.05, 0) is 18.6 Å². The maximum absolute atomic E-state index is 13.4. The van der Waals surface area contributed by atoms with Gasteiger partial charge in [0.1, 0.15) is 11.6 Å². The van der Waals surface area contributed by atoms with E-state index in [2.05, 4.69) is 0 Å². The van der Waals surface area contributed by atoms with Crippen molar-refractivity contribution in [2.75, 3.05) is 0 Å². The van der Waals surface area contributed by atoms with Crippen molar-refractivity contribution in [3.05, 3.63) is 35.1 Å². The molecule has 86 valence electrons. The van der Waals surface area contributed by atoms with E-state index in [0.717, 1.165) is 18.2 Å². The summed E-state index contributed by atoms with van der Waals surface area (Å²) in [5, 5.41) is 0. The number of carbonyl (C=O) groups is 1. The van der Waals surface area contributed by atoms with Gasteiger partial charge in [-0.15, -0.1) is 0 Å². The molecule has 1 fully saturated rings. The molecule has 1 aliphatic carbocycles. The zero-order valence-electron chi connectivity index (χ0n) is 8.14. The molecule has 0 saturated heterocycles. The molecule has 0 heterocycles. The number of ketones is 1. The van der Waals surface area contributed by atoms with Gasteiger partial charge in [0, 0.05) is 17.9 Å². The smallest absolute Gasteiger partial charge is 0.299 e. The zero-order chi connectivity index (χ0) is 11.9. The SMILES string of the molecule is O=C1CCC1c1c(F)cccc1C(F)(F)F. The van der Waals surface area contributed by atoms with Crippen molar-refractivity contribution in [2.45, 2.75) is 24.9 Å². The zero-order valence-corrected chi connectivity index (χ0v) is 8.14. The van der Waals surface area contributed by atoms with E-state index in [1.807, 2.05) is 0 Å². The first kappa shape index (κ1) is 11.1. The Bertz CT molecular complexity index is 436. The highest BCUT2D eigenvalue weighted by atomic mass is 19.4. The predicted octanol–water partition coefficient (Wildman–Crippen LogP) is 3.29. The summed E-state index contributed by atoms with van der Waals surface area (Å²) in [6, 6.07) is 2.77. The van der Waals surface area contributed by atoms with Crippen molar-refractivity contribution in [3.63, 3.8) is 0 Å². The molecule has 0 radical (unpaired) electrons. The second-order valence-electron chi connectivity index (χ2n) is 3.76. The van der Waals surface area contributed by atoms with Crippen LogP contribution in [-0.4, -0.2) is 5.78 Å². The van der Waals surface area contributed by atoms with Gasteiger partial charge in [-0.1, -0.05) is 6.07 Å². The summed E-state index contributed by atoms with van der Waals surface area (Å²) < 4.78 is 51.2. The molecule has 1 atom stereocenters. The predicted molar refractivity (Wildman–Crippen MR) is 48.4 cm³/mol. The maximum Gasteiger partial charge on any atom is 0.416 e. The molecular weight excluding hydrogens is 224 g/mol. The highest BCUT2D eigenvalue weighted by Crippen LogP contribution is 2.42. The third kappa shape index (κ3) is 1.70. The van der Waals surface area contributed by atoms with Gasteiger partial charge in [-0.3, -0.25) is 4.79 Å². The minimum absolute atomic E-state index is 0.232. The fourth-order valence-corrected chi connectivity index (χ4v) is 1.85. The van der Waals surface area contributed by atoms with Crippen LogP contribution >= 0.6 is 0 Å². The summed E-state index contributed by atoms with van der Waals surface area (Å²) in [7, 11) is 0. The topological polar surface area (TPSA) is 17.1 Å². The Morgan fingerprint density at radius 3 is 2.38 bits per heavy atom. The molecule has 0 N–H and O–H groups in total. The molecule has 5 heteroatoms. The van der Waals surface area contributed by atoms with Crippen LogP contribution < -0.4 is 0 Å². The fourth-order valence-electron chi connectivity index (χ4n) is 1.85. The Morgan fingerprint density at radius 2 is 1.94 bits per heavy atom. The van der Waals surface area contributed by atoms with Crippen LogP contribution in [0.15, 0.2) is 18.2 Å². The maximum atomic E-state index is 13.4. The third-order valence-corrected chi connectivity index (χ3v) is 2.77. The van der Waals surface area contributed by atoms with Crippen LogP contribution in [0.1, 0.15) is 29.9 Å². The third-order valence-electron chi connectivity index (χ3n) is 2.77. The van der Waals surface area contributed by atoms with Gasteiger partial charge in [0.2, 0.25) is 0 Å². The number of halogens is 4. The number of carbonyl (C=O) groups excluding carboxylic acids is 1. The van der Waals surface area contributed by atoms with Crippen molar-refractivity contribution in [2.24, 2.45) is 0 Å². The Hall–Kier alpha value is -1.39. The number of hydrogen-bond donors (Lipinski definition) is 0. The molecule has 16 heavy (non-hydrogen) atoms.